The monoisotopic (exact) mass is 389 g/mol. The zero-order chi connectivity index (χ0) is 18.4. The number of hydrogen-bond donors (Lipinski definition) is 1. The molecule has 1 heterocycles. The highest BCUT2D eigenvalue weighted by Crippen LogP contribution is 2.27. The third-order valence-corrected chi connectivity index (χ3v) is 4.60. The number of benzene rings is 2. The Morgan fingerprint density at radius 1 is 1.27 bits per heavy atom. The second-order valence-corrected chi connectivity index (χ2v) is 6.65. The minimum absolute atomic E-state index is 0.158. The molecule has 0 unspecified atom stereocenters. The molecule has 0 saturated heterocycles. The van der Waals surface area contributed by atoms with Gasteiger partial charge < -0.3 is 10.1 Å². The Bertz CT molecular complexity index is 888. The number of carbonyl (C=O) groups excluding carboxylic acids is 1. The molecule has 2 aromatic carbocycles. The summed E-state index contributed by atoms with van der Waals surface area (Å²) in [5, 5.41) is 15.1. The van der Waals surface area contributed by atoms with E-state index in [0.29, 0.717) is 28.0 Å². The normalized spacial score (nSPS) is 10.5. The maximum atomic E-state index is 12.2. The third-order valence-electron chi connectivity index (χ3n) is 3.43. The van der Waals surface area contributed by atoms with E-state index in [0.717, 1.165) is 5.69 Å². The van der Waals surface area contributed by atoms with Gasteiger partial charge in [0.05, 0.1) is 30.0 Å². The summed E-state index contributed by atoms with van der Waals surface area (Å²) in [6.07, 6.45) is 0. The van der Waals surface area contributed by atoms with Gasteiger partial charge >= 0.3 is 0 Å². The van der Waals surface area contributed by atoms with Crippen molar-refractivity contribution in [2.75, 3.05) is 18.2 Å². The van der Waals surface area contributed by atoms with Gasteiger partial charge in [0.2, 0.25) is 5.91 Å². The van der Waals surface area contributed by atoms with Gasteiger partial charge in [0.25, 0.3) is 0 Å². The van der Waals surface area contributed by atoms with Crippen LogP contribution >= 0.6 is 23.4 Å². The van der Waals surface area contributed by atoms with Gasteiger partial charge in [-0.05, 0) is 40.8 Å². The molecule has 1 aromatic heterocycles. The van der Waals surface area contributed by atoms with E-state index >= 15 is 0 Å². The number of anilines is 1. The summed E-state index contributed by atoms with van der Waals surface area (Å²) in [6.45, 7) is 0. The van der Waals surface area contributed by atoms with Crippen LogP contribution in [0.3, 0.4) is 0 Å². The summed E-state index contributed by atoms with van der Waals surface area (Å²) in [6, 6.07) is 14.7. The van der Waals surface area contributed by atoms with Crippen LogP contribution in [-0.4, -0.2) is 39.0 Å². The first-order valence-corrected chi connectivity index (χ1v) is 9.24. The van der Waals surface area contributed by atoms with Crippen molar-refractivity contribution >= 4 is 35.0 Å². The molecule has 1 N–H and O–H groups in total. The highest BCUT2D eigenvalue weighted by atomic mass is 35.5. The lowest BCUT2D eigenvalue weighted by Gasteiger charge is -2.10. The van der Waals surface area contributed by atoms with Gasteiger partial charge in [-0.3, -0.25) is 4.79 Å². The number of amides is 1. The highest BCUT2D eigenvalue weighted by Gasteiger charge is 2.11. The van der Waals surface area contributed by atoms with Crippen LogP contribution in [-0.2, 0) is 10.5 Å². The highest BCUT2D eigenvalue weighted by molar-refractivity contribution is 7.99. The Morgan fingerprint density at radius 3 is 2.85 bits per heavy atom. The van der Waals surface area contributed by atoms with Crippen molar-refractivity contribution in [2.45, 2.75) is 5.75 Å². The van der Waals surface area contributed by atoms with Gasteiger partial charge in [0, 0.05) is 5.02 Å². The number of ether oxygens (including phenoxy) is 1. The first kappa shape index (κ1) is 18.2. The topological polar surface area (TPSA) is 81.9 Å². The Hall–Kier alpha value is -2.58. The van der Waals surface area contributed by atoms with Gasteiger partial charge in [0.1, 0.15) is 5.75 Å². The van der Waals surface area contributed by atoms with Crippen LogP contribution in [0.25, 0.3) is 5.69 Å². The van der Waals surface area contributed by atoms with Crippen LogP contribution in [0.5, 0.6) is 5.75 Å². The lowest BCUT2D eigenvalue weighted by molar-refractivity contribution is -0.113. The number of tetrazole rings is 1. The van der Waals surface area contributed by atoms with E-state index in [1.807, 2.05) is 30.3 Å². The minimum atomic E-state index is -0.158. The zero-order valence-corrected chi connectivity index (χ0v) is 15.5. The second kappa shape index (κ2) is 8.68. The first-order valence-electron chi connectivity index (χ1n) is 7.71. The number of nitrogens with one attached hydrogen (secondary N) is 1. The average Bonchev–Trinajstić information content (AvgIpc) is 3.11. The van der Waals surface area contributed by atoms with E-state index in [1.54, 1.807) is 22.9 Å². The average molecular weight is 390 g/mol. The molecule has 0 spiro atoms. The molecule has 0 saturated carbocycles. The molecule has 26 heavy (non-hydrogen) atoms. The number of halogens is 1. The van der Waals surface area contributed by atoms with E-state index in [2.05, 4.69) is 20.8 Å². The third kappa shape index (κ3) is 4.53. The van der Waals surface area contributed by atoms with Crippen molar-refractivity contribution in [3.8, 4) is 11.4 Å². The van der Waals surface area contributed by atoms with Gasteiger partial charge in [0.15, 0.2) is 5.82 Å². The number of para-hydroxylation sites is 1. The fraction of sp³-hybridized carbons (Fsp3) is 0.176. The van der Waals surface area contributed by atoms with Crippen molar-refractivity contribution in [1.29, 1.82) is 0 Å². The molecule has 0 radical (unpaired) electrons. The number of hydrogen-bond acceptors (Lipinski definition) is 6. The lowest BCUT2D eigenvalue weighted by Crippen LogP contribution is -2.15. The molecule has 0 atom stereocenters. The molecule has 0 bridgehead atoms. The van der Waals surface area contributed by atoms with Crippen molar-refractivity contribution in [3.63, 3.8) is 0 Å². The molecule has 0 fully saturated rings. The van der Waals surface area contributed by atoms with E-state index < -0.39 is 0 Å². The van der Waals surface area contributed by atoms with Crippen molar-refractivity contribution in [3.05, 3.63) is 59.4 Å². The molecule has 0 aliphatic carbocycles. The summed E-state index contributed by atoms with van der Waals surface area (Å²) in [5.74, 6) is 1.82. The molecule has 1 amide bonds. The van der Waals surface area contributed by atoms with E-state index in [4.69, 9.17) is 16.3 Å². The standard InChI is InChI=1S/C17H16ClN5O2S/c1-25-15-8-7-12(18)9-14(15)19-17(24)11-26-10-16-20-21-22-23(16)13-5-3-2-4-6-13/h2-9H,10-11H2,1H3,(H,19,24). The number of thioether (sulfide) groups is 1. The van der Waals surface area contributed by atoms with Crippen LogP contribution in [0.15, 0.2) is 48.5 Å². The predicted octanol–water partition coefficient (Wildman–Crippen LogP) is 3.20. The van der Waals surface area contributed by atoms with Gasteiger partial charge in [-0.1, -0.05) is 29.8 Å². The molecule has 9 heteroatoms. The molecular formula is C17H16ClN5O2S. The summed E-state index contributed by atoms with van der Waals surface area (Å²) >= 11 is 7.38. The first-order chi connectivity index (χ1) is 12.7. The largest absolute Gasteiger partial charge is 0.495 e. The quantitative estimate of drug-likeness (QED) is 0.668. The summed E-state index contributed by atoms with van der Waals surface area (Å²) < 4.78 is 6.88. The zero-order valence-electron chi connectivity index (χ0n) is 13.9. The number of methoxy groups -OCH3 is 1. The SMILES string of the molecule is COc1ccc(Cl)cc1NC(=O)CSCc1nnnn1-c1ccccc1. The predicted molar refractivity (Wildman–Crippen MR) is 102 cm³/mol. The Kier molecular flexibility index (Phi) is 6.08. The molecule has 134 valence electrons. The number of nitrogens with zero attached hydrogens (tertiary/aromatic N) is 4. The van der Waals surface area contributed by atoms with Gasteiger partial charge in [-0.2, -0.15) is 4.68 Å². The molecule has 0 aliphatic rings. The fourth-order valence-corrected chi connectivity index (χ4v) is 3.16. The van der Waals surface area contributed by atoms with Gasteiger partial charge in [-0.15, -0.1) is 16.9 Å². The van der Waals surface area contributed by atoms with Gasteiger partial charge in [-0.25, -0.2) is 0 Å². The Balaban J connectivity index is 1.57. The second-order valence-electron chi connectivity index (χ2n) is 5.23. The Morgan fingerprint density at radius 2 is 2.08 bits per heavy atom. The smallest absolute Gasteiger partial charge is 0.234 e. The van der Waals surface area contributed by atoms with E-state index in [9.17, 15) is 4.79 Å². The summed E-state index contributed by atoms with van der Waals surface area (Å²) in [7, 11) is 1.54. The number of carbonyl (C=O) groups is 1. The van der Waals surface area contributed by atoms with Crippen LogP contribution in [0, 0.1) is 0 Å². The van der Waals surface area contributed by atoms with Crippen LogP contribution in [0.1, 0.15) is 5.82 Å². The van der Waals surface area contributed by atoms with E-state index in [-0.39, 0.29) is 11.7 Å². The molecule has 0 aliphatic heterocycles. The summed E-state index contributed by atoms with van der Waals surface area (Å²) in [4.78, 5) is 12.2. The van der Waals surface area contributed by atoms with Crippen molar-refractivity contribution in [1.82, 2.24) is 20.2 Å². The maximum Gasteiger partial charge on any atom is 0.234 e. The Labute approximate surface area is 159 Å². The molecule has 7 nitrogen and oxygen atoms in total. The molecular weight excluding hydrogens is 374 g/mol. The molecule has 3 rings (SSSR count). The number of aromatic nitrogens is 4. The van der Waals surface area contributed by atoms with Crippen LogP contribution in [0.2, 0.25) is 5.02 Å². The van der Waals surface area contributed by atoms with Crippen molar-refractivity contribution < 1.29 is 9.53 Å². The fourth-order valence-electron chi connectivity index (χ4n) is 2.26. The lowest BCUT2D eigenvalue weighted by atomic mass is 10.3. The van der Waals surface area contributed by atoms with Crippen LogP contribution < -0.4 is 10.1 Å². The van der Waals surface area contributed by atoms with E-state index in [1.165, 1.54) is 18.9 Å². The van der Waals surface area contributed by atoms with Crippen molar-refractivity contribution in [2.24, 2.45) is 0 Å². The molecule has 3 aromatic rings. The summed E-state index contributed by atoms with van der Waals surface area (Å²) in [5.41, 5.74) is 1.42. The minimum Gasteiger partial charge on any atom is -0.495 e. The van der Waals surface area contributed by atoms with Crippen LogP contribution in [0.4, 0.5) is 5.69 Å². The number of rotatable bonds is 7. The maximum absolute atomic E-state index is 12.2.